The maximum Gasteiger partial charge on any atom is 0.291 e. The Bertz CT molecular complexity index is 1400. The zero-order valence-corrected chi connectivity index (χ0v) is 21.4. The predicted octanol–water partition coefficient (Wildman–Crippen LogP) is 2.38. The molecular formula is C27H28F2N6O4. The Kier molecular flexibility index (Phi) is 7.53. The minimum atomic E-state index is -1.01. The van der Waals surface area contributed by atoms with Crippen molar-refractivity contribution in [1.29, 1.82) is 0 Å². The highest BCUT2D eigenvalue weighted by molar-refractivity contribution is 6.02. The van der Waals surface area contributed by atoms with E-state index in [0.717, 1.165) is 43.6 Å². The third-order valence-electron chi connectivity index (χ3n) is 6.92. The molecule has 0 unspecified atom stereocenters. The summed E-state index contributed by atoms with van der Waals surface area (Å²) in [5.41, 5.74) is 1.63. The fraction of sp³-hybridized carbons (Fsp3) is 0.370. The Labute approximate surface area is 223 Å². The molecule has 1 saturated heterocycles. The largest absolute Gasteiger partial charge is 0.489 e. The summed E-state index contributed by atoms with van der Waals surface area (Å²) < 4.78 is 32.9. The van der Waals surface area contributed by atoms with Gasteiger partial charge in [0.15, 0.2) is 0 Å². The summed E-state index contributed by atoms with van der Waals surface area (Å²) in [5.74, 6) is -1.94. The van der Waals surface area contributed by atoms with Crippen LogP contribution < -0.4 is 15.0 Å². The molecule has 12 heteroatoms. The molecule has 10 nitrogen and oxygen atoms in total. The molecule has 2 aliphatic heterocycles. The van der Waals surface area contributed by atoms with Crippen LogP contribution in [0.15, 0.2) is 36.4 Å². The molecule has 204 valence electrons. The zero-order chi connectivity index (χ0) is 27.5. The van der Waals surface area contributed by atoms with Crippen LogP contribution in [0.3, 0.4) is 0 Å². The number of carbonyl (C=O) groups excluding carboxylic acids is 3. The molecule has 0 saturated carbocycles. The van der Waals surface area contributed by atoms with Gasteiger partial charge in [0.05, 0.1) is 5.69 Å². The number of likely N-dealkylation sites (tertiary alicyclic amines) is 1. The van der Waals surface area contributed by atoms with E-state index in [0.29, 0.717) is 24.3 Å². The molecule has 0 bridgehead atoms. The molecule has 3 heterocycles. The third-order valence-corrected chi connectivity index (χ3v) is 6.92. The number of hydrogen-bond acceptors (Lipinski definition) is 6. The minimum absolute atomic E-state index is 0.0259. The highest BCUT2D eigenvalue weighted by atomic mass is 19.1. The van der Waals surface area contributed by atoms with Gasteiger partial charge >= 0.3 is 0 Å². The highest BCUT2D eigenvalue weighted by Crippen LogP contribution is 2.32. The lowest BCUT2D eigenvalue weighted by Gasteiger charge is -2.20. The third kappa shape index (κ3) is 5.89. The summed E-state index contributed by atoms with van der Waals surface area (Å²) in [6, 6.07) is 7.63. The quantitative estimate of drug-likeness (QED) is 0.477. The number of nitrogens with zero attached hydrogens (tertiary/aromatic N) is 4. The first-order valence-electron chi connectivity index (χ1n) is 12.8. The number of aromatic nitrogens is 3. The summed E-state index contributed by atoms with van der Waals surface area (Å²) in [4.78, 5) is 45.8. The number of amides is 3. The Hall–Kier alpha value is -4.35. The van der Waals surface area contributed by atoms with E-state index >= 15 is 0 Å². The van der Waals surface area contributed by atoms with Crippen molar-refractivity contribution < 1.29 is 27.9 Å². The molecule has 2 aliphatic rings. The van der Waals surface area contributed by atoms with E-state index < -0.39 is 29.5 Å². The van der Waals surface area contributed by atoms with Gasteiger partial charge in [-0.15, -0.1) is 5.10 Å². The van der Waals surface area contributed by atoms with Crippen LogP contribution in [0.5, 0.6) is 5.75 Å². The van der Waals surface area contributed by atoms with Gasteiger partial charge in [-0.2, -0.15) is 0 Å². The molecule has 0 radical (unpaired) electrons. The average Bonchev–Trinajstić information content (AvgIpc) is 3.62. The summed E-state index contributed by atoms with van der Waals surface area (Å²) >= 11 is 0. The number of H-pyrrole nitrogens is 1. The van der Waals surface area contributed by atoms with Crippen LogP contribution in [0.1, 0.15) is 46.8 Å². The van der Waals surface area contributed by atoms with Crippen LogP contribution in [0.4, 0.5) is 14.5 Å². The number of halogens is 2. The number of anilines is 1. The lowest BCUT2D eigenvalue weighted by atomic mass is 10.1. The summed E-state index contributed by atoms with van der Waals surface area (Å²) in [6.45, 7) is 1.51. The first-order chi connectivity index (χ1) is 18.8. The van der Waals surface area contributed by atoms with Crippen molar-refractivity contribution in [1.82, 2.24) is 25.4 Å². The zero-order valence-electron chi connectivity index (χ0n) is 21.4. The van der Waals surface area contributed by atoms with E-state index in [9.17, 15) is 23.2 Å². The number of fused-ring (bicyclic) bond motifs is 1. The number of hydrogen-bond donors (Lipinski definition) is 2. The summed E-state index contributed by atoms with van der Waals surface area (Å²) in [7, 11) is 1.59. The van der Waals surface area contributed by atoms with Gasteiger partial charge in [0.1, 0.15) is 35.9 Å². The topological polar surface area (TPSA) is 121 Å². The van der Waals surface area contributed by atoms with Gasteiger partial charge in [-0.1, -0.05) is 12.1 Å². The van der Waals surface area contributed by atoms with Crippen LogP contribution in [0.25, 0.3) is 0 Å². The molecule has 2 N–H and O–H groups in total. The standard InChI is InChI=1S/C27H28F2N6O4/c1-34-21-12-16(5-9-24(36)35-10-2-3-11-35)4-8-22(21)39-15-20(27(34)38)30-26(37)25-31-23(32-33-25)13-17-6-7-18(28)14-19(17)29/h4,6-8,12,14,20H,2-3,5,9-11,13,15H2,1H3,(H,30,37)(H,31,32,33)/t20-/m1/s1. The van der Waals surface area contributed by atoms with Crippen molar-refractivity contribution in [2.75, 3.05) is 31.6 Å². The average molecular weight is 539 g/mol. The maximum absolute atomic E-state index is 14.0. The molecule has 5 rings (SSSR count). The van der Waals surface area contributed by atoms with Crippen LogP contribution >= 0.6 is 0 Å². The van der Waals surface area contributed by atoms with Gasteiger partial charge in [-0.05, 0) is 48.6 Å². The molecule has 3 amide bonds. The van der Waals surface area contributed by atoms with E-state index in [4.69, 9.17) is 4.74 Å². The van der Waals surface area contributed by atoms with E-state index in [-0.39, 0.29) is 36.1 Å². The van der Waals surface area contributed by atoms with Crippen LogP contribution in [0.2, 0.25) is 0 Å². The van der Waals surface area contributed by atoms with Gasteiger partial charge in [-0.25, -0.2) is 13.8 Å². The molecule has 3 aromatic rings. The van der Waals surface area contributed by atoms with Crippen molar-refractivity contribution in [3.63, 3.8) is 0 Å². The number of nitrogens with one attached hydrogen (secondary N) is 2. The monoisotopic (exact) mass is 538 g/mol. The molecule has 0 spiro atoms. The van der Waals surface area contributed by atoms with E-state index in [1.807, 2.05) is 17.0 Å². The van der Waals surface area contributed by atoms with Gasteiger partial charge < -0.3 is 19.9 Å². The number of carbonyl (C=O) groups is 3. The first-order valence-corrected chi connectivity index (χ1v) is 12.8. The molecular weight excluding hydrogens is 510 g/mol. The fourth-order valence-corrected chi connectivity index (χ4v) is 4.72. The van der Waals surface area contributed by atoms with Crippen molar-refractivity contribution in [2.45, 2.75) is 38.1 Å². The SMILES string of the molecule is CN1C(=O)[C@H](NC(=O)c2n[nH]c(Cc3ccc(F)cc3F)n2)COc2ccc(CCC(=O)N3CCCC3)cc21. The second-order valence-electron chi connectivity index (χ2n) is 9.64. The van der Waals surface area contributed by atoms with Gasteiger partial charge in [0.25, 0.3) is 11.8 Å². The highest BCUT2D eigenvalue weighted by Gasteiger charge is 2.32. The number of benzene rings is 2. The van der Waals surface area contributed by atoms with Gasteiger partial charge in [-0.3, -0.25) is 19.5 Å². The van der Waals surface area contributed by atoms with Crippen LogP contribution in [-0.2, 0) is 22.4 Å². The summed E-state index contributed by atoms with van der Waals surface area (Å²) in [6.07, 6.45) is 2.99. The molecule has 2 aromatic carbocycles. The fourth-order valence-electron chi connectivity index (χ4n) is 4.72. The maximum atomic E-state index is 14.0. The van der Waals surface area contributed by atoms with Crippen LogP contribution in [0, 0.1) is 11.6 Å². The smallest absolute Gasteiger partial charge is 0.291 e. The normalized spacial score (nSPS) is 17.0. The van der Waals surface area contributed by atoms with E-state index in [1.165, 1.54) is 11.0 Å². The van der Waals surface area contributed by atoms with Crippen LogP contribution in [-0.4, -0.2) is 70.6 Å². The Morgan fingerprint density at radius 2 is 1.95 bits per heavy atom. The van der Waals surface area contributed by atoms with Crippen molar-refractivity contribution >= 4 is 23.4 Å². The molecule has 39 heavy (non-hydrogen) atoms. The number of rotatable bonds is 7. The molecule has 1 atom stereocenters. The Morgan fingerprint density at radius 3 is 2.72 bits per heavy atom. The Morgan fingerprint density at radius 1 is 1.15 bits per heavy atom. The molecule has 1 aromatic heterocycles. The lowest BCUT2D eigenvalue weighted by molar-refractivity contribution is -0.130. The van der Waals surface area contributed by atoms with Crippen molar-refractivity contribution in [3.05, 3.63) is 70.8 Å². The number of aromatic amines is 1. The lowest BCUT2D eigenvalue weighted by Crippen LogP contribution is -2.49. The Balaban J connectivity index is 1.21. The second-order valence-corrected chi connectivity index (χ2v) is 9.64. The minimum Gasteiger partial charge on any atom is -0.489 e. The number of aryl methyl sites for hydroxylation is 1. The molecule has 0 aliphatic carbocycles. The van der Waals surface area contributed by atoms with E-state index in [2.05, 4.69) is 20.5 Å². The number of ether oxygens (including phenoxy) is 1. The first kappa shape index (κ1) is 26.3. The van der Waals surface area contributed by atoms with Crippen molar-refractivity contribution in [3.8, 4) is 5.75 Å². The summed E-state index contributed by atoms with van der Waals surface area (Å²) in [5, 5.41) is 9.03. The van der Waals surface area contributed by atoms with Gasteiger partial charge in [0, 0.05) is 39.0 Å². The predicted molar refractivity (Wildman–Crippen MR) is 136 cm³/mol. The van der Waals surface area contributed by atoms with E-state index in [1.54, 1.807) is 13.1 Å². The van der Waals surface area contributed by atoms with Crippen molar-refractivity contribution in [2.24, 2.45) is 0 Å². The van der Waals surface area contributed by atoms with Gasteiger partial charge in [0.2, 0.25) is 11.7 Å². The number of likely N-dealkylation sites (N-methyl/N-ethyl adjacent to an activating group) is 1. The molecule has 1 fully saturated rings. The second kappa shape index (κ2) is 11.2.